The van der Waals surface area contributed by atoms with Crippen LogP contribution in [0.3, 0.4) is 0 Å². The molecule has 0 radical (unpaired) electrons. The van der Waals surface area contributed by atoms with Crippen LogP contribution in [0.25, 0.3) is 0 Å². The monoisotopic (exact) mass is 221 g/mol. The molecule has 0 saturated heterocycles. The standard InChI is InChI=1S/C12H19NOSi/c1-12(2,11(14)13-15(3)4)10-8-6-5-7-9-10/h5-9,15H,1-4H3,(H,13,14). The van der Waals surface area contributed by atoms with E-state index in [4.69, 9.17) is 0 Å². The van der Waals surface area contributed by atoms with E-state index in [1.807, 2.05) is 44.2 Å². The molecule has 0 aliphatic rings. The van der Waals surface area contributed by atoms with Crippen molar-refractivity contribution in [2.24, 2.45) is 0 Å². The Kier molecular flexibility index (Phi) is 3.69. The Hall–Kier alpha value is -1.09. The van der Waals surface area contributed by atoms with Crippen molar-refractivity contribution >= 4 is 14.9 Å². The lowest BCUT2D eigenvalue weighted by Gasteiger charge is -2.25. The predicted octanol–water partition coefficient (Wildman–Crippen LogP) is 2.06. The fourth-order valence-electron chi connectivity index (χ4n) is 1.43. The van der Waals surface area contributed by atoms with Crippen LogP contribution in [0.2, 0.25) is 13.1 Å². The van der Waals surface area contributed by atoms with Gasteiger partial charge in [-0.3, -0.25) is 4.79 Å². The van der Waals surface area contributed by atoms with E-state index in [1.165, 1.54) is 0 Å². The second-order valence-corrected chi connectivity index (χ2v) is 7.22. The quantitative estimate of drug-likeness (QED) is 0.778. The highest BCUT2D eigenvalue weighted by atomic mass is 28.3. The molecule has 0 aliphatic carbocycles. The zero-order valence-electron chi connectivity index (χ0n) is 9.87. The second kappa shape index (κ2) is 4.62. The summed E-state index contributed by atoms with van der Waals surface area (Å²) in [6.45, 7) is 8.15. The van der Waals surface area contributed by atoms with E-state index in [0.29, 0.717) is 0 Å². The van der Waals surface area contributed by atoms with Crippen molar-refractivity contribution in [1.29, 1.82) is 0 Å². The molecule has 0 saturated carbocycles. The van der Waals surface area contributed by atoms with Crippen LogP contribution in [0.1, 0.15) is 19.4 Å². The summed E-state index contributed by atoms with van der Waals surface area (Å²) in [6, 6.07) is 9.91. The van der Waals surface area contributed by atoms with Gasteiger partial charge in [0.05, 0.1) is 5.41 Å². The second-order valence-electron chi connectivity index (χ2n) is 4.62. The van der Waals surface area contributed by atoms with E-state index in [2.05, 4.69) is 18.1 Å². The van der Waals surface area contributed by atoms with Gasteiger partial charge in [0.2, 0.25) is 5.91 Å². The van der Waals surface area contributed by atoms with Crippen molar-refractivity contribution in [3.8, 4) is 0 Å². The van der Waals surface area contributed by atoms with Gasteiger partial charge in [-0.1, -0.05) is 43.4 Å². The first-order chi connectivity index (χ1) is 6.94. The fraction of sp³-hybridized carbons (Fsp3) is 0.417. The fourth-order valence-corrected chi connectivity index (χ4v) is 2.31. The van der Waals surface area contributed by atoms with Crippen molar-refractivity contribution < 1.29 is 4.79 Å². The first-order valence-corrected chi connectivity index (χ1v) is 8.19. The number of benzene rings is 1. The molecule has 0 aromatic heterocycles. The molecule has 1 aromatic carbocycles. The highest BCUT2D eigenvalue weighted by Crippen LogP contribution is 2.22. The van der Waals surface area contributed by atoms with E-state index in [1.54, 1.807) is 0 Å². The molecule has 0 aliphatic heterocycles. The summed E-state index contributed by atoms with van der Waals surface area (Å²) in [5.74, 6) is 0.135. The molecule has 0 bridgehead atoms. The Balaban J connectivity index is 2.88. The lowest BCUT2D eigenvalue weighted by Crippen LogP contribution is -2.45. The van der Waals surface area contributed by atoms with Crippen LogP contribution in [0.5, 0.6) is 0 Å². The maximum atomic E-state index is 12.0. The summed E-state index contributed by atoms with van der Waals surface area (Å²) in [4.78, 5) is 15.1. The topological polar surface area (TPSA) is 29.1 Å². The number of nitrogens with one attached hydrogen (secondary N) is 1. The van der Waals surface area contributed by atoms with Crippen LogP contribution in [0.15, 0.2) is 30.3 Å². The number of hydrogen-bond donors (Lipinski definition) is 1. The summed E-state index contributed by atoms with van der Waals surface area (Å²) in [7, 11) is -1.05. The van der Waals surface area contributed by atoms with Crippen molar-refractivity contribution in [2.75, 3.05) is 0 Å². The Morgan fingerprint density at radius 3 is 2.20 bits per heavy atom. The zero-order valence-corrected chi connectivity index (χ0v) is 11.0. The highest BCUT2D eigenvalue weighted by Gasteiger charge is 2.29. The average Bonchev–Trinajstić information content (AvgIpc) is 2.18. The lowest BCUT2D eigenvalue weighted by molar-refractivity contribution is -0.124. The van der Waals surface area contributed by atoms with Crippen LogP contribution in [0, 0.1) is 0 Å². The van der Waals surface area contributed by atoms with E-state index < -0.39 is 14.4 Å². The largest absolute Gasteiger partial charge is 0.384 e. The van der Waals surface area contributed by atoms with Gasteiger partial charge in [-0.25, -0.2) is 0 Å². The minimum atomic E-state index is -1.05. The number of hydrogen-bond acceptors (Lipinski definition) is 1. The summed E-state index contributed by atoms with van der Waals surface area (Å²) in [6.07, 6.45) is 0. The third kappa shape index (κ3) is 2.93. The van der Waals surface area contributed by atoms with Crippen molar-refractivity contribution in [3.05, 3.63) is 35.9 Å². The normalized spacial score (nSPS) is 11.5. The number of carbonyl (C=O) groups is 1. The smallest absolute Gasteiger partial charge is 0.222 e. The van der Waals surface area contributed by atoms with Gasteiger partial charge in [-0.15, -0.1) is 0 Å². The third-order valence-corrected chi connectivity index (χ3v) is 3.32. The Labute approximate surface area is 93.4 Å². The molecule has 1 amide bonds. The first-order valence-electron chi connectivity index (χ1n) is 5.31. The summed E-state index contributed by atoms with van der Waals surface area (Å²) >= 11 is 0. The molecule has 1 N–H and O–H groups in total. The summed E-state index contributed by atoms with van der Waals surface area (Å²) < 4.78 is 0. The van der Waals surface area contributed by atoms with Gasteiger partial charge in [0.25, 0.3) is 0 Å². The minimum absolute atomic E-state index is 0.135. The van der Waals surface area contributed by atoms with Crippen molar-refractivity contribution in [2.45, 2.75) is 32.4 Å². The van der Waals surface area contributed by atoms with E-state index in [-0.39, 0.29) is 5.91 Å². The number of carbonyl (C=O) groups excluding carboxylic acids is 1. The molecule has 0 heterocycles. The minimum Gasteiger partial charge on any atom is -0.384 e. The van der Waals surface area contributed by atoms with Gasteiger partial charge in [0.15, 0.2) is 0 Å². The Morgan fingerprint density at radius 1 is 1.20 bits per heavy atom. The van der Waals surface area contributed by atoms with Crippen LogP contribution >= 0.6 is 0 Å². The highest BCUT2D eigenvalue weighted by molar-refractivity contribution is 6.56. The molecular formula is C12H19NOSi. The van der Waals surface area contributed by atoms with Gasteiger partial charge in [-0.05, 0) is 19.4 Å². The van der Waals surface area contributed by atoms with E-state index in [9.17, 15) is 4.79 Å². The van der Waals surface area contributed by atoms with Crippen LogP contribution in [-0.2, 0) is 10.2 Å². The van der Waals surface area contributed by atoms with Crippen LogP contribution in [-0.4, -0.2) is 14.9 Å². The summed E-state index contributed by atoms with van der Waals surface area (Å²) in [5.41, 5.74) is 0.635. The van der Waals surface area contributed by atoms with Gasteiger partial charge < -0.3 is 4.98 Å². The molecule has 82 valence electrons. The zero-order chi connectivity index (χ0) is 11.5. The van der Waals surface area contributed by atoms with Crippen LogP contribution in [0.4, 0.5) is 0 Å². The maximum absolute atomic E-state index is 12.0. The third-order valence-electron chi connectivity index (χ3n) is 2.48. The predicted molar refractivity (Wildman–Crippen MR) is 66.5 cm³/mol. The van der Waals surface area contributed by atoms with Crippen LogP contribution < -0.4 is 4.98 Å². The molecule has 2 nitrogen and oxygen atoms in total. The van der Waals surface area contributed by atoms with Crippen molar-refractivity contribution in [1.82, 2.24) is 4.98 Å². The first kappa shape index (κ1) is 12.0. The van der Waals surface area contributed by atoms with Gasteiger partial charge in [-0.2, -0.15) is 0 Å². The van der Waals surface area contributed by atoms with E-state index in [0.717, 1.165) is 5.56 Å². The molecule has 0 unspecified atom stereocenters. The molecule has 3 heteroatoms. The van der Waals surface area contributed by atoms with Gasteiger partial charge in [0, 0.05) is 0 Å². The number of rotatable bonds is 3. The Bertz CT molecular complexity index is 333. The SMILES string of the molecule is C[SiH](C)NC(=O)C(C)(C)c1ccccc1. The maximum Gasteiger partial charge on any atom is 0.222 e. The molecule has 1 aromatic rings. The molecule has 0 fully saturated rings. The van der Waals surface area contributed by atoms with Crippen molar-refractivity contribution in [3.63, 3.8) is 0 Å². The van der Waals surface area contributed by atoms with E-state index >= 15 is 0 Å². The molecule has 0 spiro atoms. The molecular weight excluding hydrogens is 202 g/mol. The summed E-state index contributed by atoms with van der Waals surface area (Å²) in [5, 5.41) is 0. The Morgan fingerprint density at radius 2 is 1.73 bits per heavy atom. The average molecular weight is 221 g/mol. The lowest BCUT2D eigenvalue weighted by atomic mass is 9.84. The van der Waals surface area contributed by atoms with Gasteiger partial charge >= 0.3 is 0 Å². The number of amides is 1. The molecule has 1 rings (SSSR count). The van der Waals surface area contributed by atoms with Gasteiger partial charge in [0.1, 0.15) is 8.96 Å². The molecule has 0 atom stereocenters. The molecule has 15 heavy (non-hydrogen) atoms.